The zero-order valence-corrected chi connectivity index (χ0v) is 20.5. The number of hydrogen-bond acceptors (Lipinski definition) is 5. The first-order valence-corrected chi connectivity index (χ1v) is 11.7. The summed E-state index contributed by atoms with van der Waals surface area (Å²) in [6, 6.07) is 12.6. The Morgan fingerprint density at radius 2 is 1.61 bits per heavy atom. The Kier molecular flexibility index (Phi) is 7.58. The van der Waals surface area contributed by atoms with Gasteiger partial charge in [0.2, 0.25) is 11.8 Å². The van der Waals surface area contributed by atoms with Gasteiger partial charge in [0.25, 0.3) is 0 Å². The number of fused-ring (bicyclic) bond motifs is 2. The highest BCUT2D eigenvalue weighted by Crippen LogP contribution is 2.29. The van der Waals surface area contributed by atoms with E-state index in [-0.39, 0.29) is 18.9 Å². The van der Waals surface area contributed by atoms with E-state index < -0.39 is 23.8 Å². The Labute approximate surface area is 208 Å². The molecule has 0 bridgehead atoms. The van der Waals surface area contributed by atoms with E-state index in [1.165, 1.54) is 7.11 Å². The van der Waals surface area contributed by atoms with E-state index >= 15 is 0 Å². The number of ether oxygens (including phenoxy) is 2. The van der Waals surface area contributed by atoms with Crippen LogP contribution in [0.4, 0.5) is 0 Å². The van der Waals surface area contributed by atoms with Gasteiger partial charge in [0, 0.05) is 46.5 Å². The monoisotopic (exact) mass is 490 g/mol. The third kappa shape index (κ3) is 5.35. The summed E-state index contributed by atoms with van der Waals surface area (Å²) in [5.74, 6) is -1.04. The average molecular weight is 491 g/mol. The topological polar surface area (TPSA) is 125 Å². The maximum Gasteiger partial charge on any atom is 0.325 e. The van der Waals surface area contributed by atoms with Crippen molar-refractivity contribution in [2.75, 3.05) is 20.8 Å². The van der Waals surface area contributed by atoms with Crippen LogP contribution in [-0.2, 0) is 32.0 Å². The normalized spacial score (nSPS) is 12.8. The van der Waals surface area contributed by atoms with Crippen molar-refractivity contribution >= 4 is 39.6 Å². The molecule has 2 aromatic heterocycles. The average Bonchev–Trinajstić information content (AvgIpc) is 3.50. The van der Waals surface area contributed by atoms with Gasteiger partial charge in [-0.05, 0) is 35.7 Å². The number of amides is 2. The summed E-state index contributed by atoms with van der Waals surface area (Å²) >= 11 is 0. The van der Waals surface area contributed by atoms with Crippen molar-refractivity contribution in [2.45, 2.75) is 25.8 Å². The van der Waals surface area contributed by atoms with Crippen molar-refractivity contribution in [1.82, 2.24) is 20.6 Å². The molecule has 0 fully saturated rings. The smallest absolute Gasteiger partial charge is 0.325 e. The molecule has 0 saturated carbocycles. The quantitative estimate of drug-likeness (QED) is 0.255. The van der Waals surface area contributed by atoms with Crippen molar-refractivity contribution in [1.29, 1.82) is 0 Å². The largest absolute Gasteiger partial charge is 0.496 e. The summed E-state index contributed by atoms with van der Waals surface area (Å²) in [5.41, 5.74) is 3.71. The van der Waals surface area contributed by atoms with E-state index in [0.717, 1.165) is 32.9 Å². The number of hydrogen-bond donors (Lipinski definition) is 4. The number of carbonyl (C=O) groups is 3. The van der Waals surface area contributed by atoms with Gasteiger partial charge in [0.05, 0.1) is 14.2 Å². The fourth-order valence-electron chi connectivity index (χ4n) is 4.37. The first kappa shape index (κ1) is 24.8. The fraction of sp³-hybridized carbons (Fsp3) is 0.296. The zero-order chi connectivity index (χ0) is 25.7. The predicted molar refractivity (Wildman–Crippen MR) is 137 cm³/mol. The maximum absolute atomic E-state index is 13.2. The number of para-hydroxylation sites is 1. The Morgan fingerprint density at radius 1 is 0.889 bits per heavy atom. The molecule has 2 unspecified atom stereocenters. The standard InChI is InChI=1S/C27H30N4O5/c1-16(11-17-13-28-20-8-5-4-7-19(17)20)26(33)31-22(27(34)30-15-24(32)36-3)12-18-14-29-21-9-6-10-23(35-2)25(18)21/h4-10,13-14,16,22,28-29H,11-12,15H2,1-3H3,(H,30,34)(H,31,33). The summed E-state index contributed by atoms with van der Waals surface area (Å²) in [6.07, 6.45) is 4.43. The second kappa shape index (κ2) is 11.0. The molecule has 0 spiro atoms. The number of aromatic nitrogens is 2. The molecule has 188 valence electrons. The van der Waals surface area contributed by atoms with E-state index in [4.69, 9.17) is 4.74 Å². The Morgan fingerprint density at radius 3 is 2.39 bits per heavy atom. The molecule has 0 aliphatic carbocycles. The number of aromatic amines is 2. The van der Waals surface area contributed by atoms with Gasteiger partial charge in [-0.15, -0.1) is 0 Å². The summed E-state index contributed by atoms with van der Waals surface area (Å²) in [6.45, 7) is 1.54. The second-order valence-electron chi connectivity index (χ2n) is 8.72. The van der Waals surface area contributed by atoms with Crippen LogP contribution in [0, 0.1) is 5.92 Å². The lowest BCUT2D eigenvalue weighted by Gasteiger charge is -2.21. The highest BCUT2D eigenvalue weighted by Gasteiger charge is 2.26. The van der Waals surface area contributed by atoms with Gasteiger partial charge >= 0.3 is 5.97 Å². The molecule has 2 atom stereocenters. The minimum absolute atomic E-state index is 0.207. The molecular formula is C27H30N4O5. The molecule has 9 heteroatoms. The third-order valence-corrected chi connectivity index (χ3v) is 6.31. The van der Waals surface area contributed by atoms with Crippen LogP contribution in [0.2, 0.25) is 0 Å². The molecule has 36 heavy (non-hydrogen) atoms. The van der Waals surface area contributed by atoms with E-state index in [9.17, 15) is 14.4 Å². The molecular weight excluding hydrogens is 460 g/mol. The highest BCUT2D eigenvalue weighted by molar-refractivity contribution is 5.93. The van der Waals surface area contributed by atoms with Gasteiger partial charge in [-0.1, -0.05) is 31.2 Å². The lowest BCUT2D eigenvalue weighted by Crippen LogP contribution is -2.50. The minimum Gasteiger partial charge on any atom is -0.496 e. The molecule has 0 aliphatic rings. The molecule has 9 nitrogen and oxygen atoms in total. The van der Waals surface area contributed by atoms with E-state index in [0.29, 0.717) is 12.2 Å². The number of rotatable bonds is 10. The molecule has 2 heterocycles. The van der Waals surface area contributed by atoms with Gasteiger partial charge in [-0.2, -0.15) is 0 Å². The van der Waals surface area contributed by atoms with Crippen molar-refractivity contribution in [3.8, 4) is 5.75 Å². The molecule has 2 aromatic carbocycles. The number of esters is 1. The Bertz CT molecular complexity index is 1390. The third-order valence-electron chi connectivity index (χ3n) is 6.31. The molecule has 0 radical (unpaired) electrons. The van der Waals surface area contributed by atoms with Crippen LogP contribution in [0.5, 0.6) is 5.75 Å². The van der Waals surface area contributed by atoms with Crippen LogP contribution in [0.1, 0.15) is 18.1 Å². The van der Waals surface area contributed by atoms with Crippen molar-refractivity contribution in [3.05, 3.63) is 66.0 Å². The van der Waals surface area contributed by atoms with Crippen molar-refractivity contribution < 1.29 is 23.9 Å². The summed E-state index contributed by atoms with van der Waals surface area (Å²) in [5, 5.41) is 7.36. The number of benzene rings is 2. The second-order valence-corrected chi connectivity index (χ2v) is 8.72. The van der Waals surface area contributed by atoms with Crippen LogP contribution >= 0.6 is 0 Å². The van der Waals surface area contributed by atoms with Crippen LogP contribution in [0.3, 0.4) is 0 Å². The molecule has 4 N–H and O–H groups in total. The van der Waals surface area contributed by atoms with Gasteiger partial charge in [-0.3, -0.25) is 14.4 Å². The molecule has 2 amide bonds. The molecule has 4 aromatic rings. The van der Waals surface area contributed by atoms with E-state index in [2.05, 4.69) is 25.3 Å². The molecule has 0 aliphatic heterocycles. The predicted octanol–water partition coefficient (Wildman–Crippen LogP) is 2.85. The number of carbonyl (C=O) groups excluding carboxylic acids is 3. The van der Waals surface area contributed by atoms with Crippen LogP contribution in [-0.4, -0.2) is 54.6 Å². The maximum atomic E-state index is 13.2. The lowest BCUT2D eigenvalue weighted by molar-refractivity contribution is -0.141. The van der Waals surface area contributed by atoms with E-state index in [1.807, 2.05) is 55.6 Å². The van der Waals surface area contributed by atoms with Gasteiger partial charge in [-0.25, -0.2) is 0 Å². The minimum atomic E-state index is -0.906. The van der Waals surface area contributed by atoms with Crippen LogP contribution < -0.4 is 15.4 Å². The summed E-state index contributed by atoms with van der Waals surface area (Å²) < 4.78 is 10.1. The number of methoxy groups -OCH3 is 2. The summed E-state index contributed by atoms with van der Waals surface area (Å²) in [7, 11) is 2.83. The summed E-state index contributed by atoms with van der Waals surface area (Å²) in [4.78, 5) is 44.2. The van der Waals surface area contributed by atoms with E-state index in [1.54, 1.807) is 13.3 Å². The van der Waals surface area contributed by atoms with Gasteiger partial charge < -0.3 is 30.1 Å². The molecule has 4 rings (SSSR count). The fourth-order valence-corrected chi connectivity index (χ4v) is 4.37. The van der Waals surface area contributed by atoms with Crippen LogP contribution in [0.15, 0.2) is 54.9 Å². The van der Waals surface area contributed by atoms with Gasteiger partial charge in [0.15, 0.2) is 0 Å². The highest BCUT2D eigenvalue weighted by atomic mass is 16.5. The zero-order valence-electron chi connectivity index (χ0n) is 20.5. The lowest BCUT2D eigenvalue weighted by atomic mass is 9.98. The first-order valence-electron chi connectivity index (χ1n) is 11.7. The Hall–Kier alpha value is -4.27. The van der Waals surface area contributed by atoms with Crippen molar-refractivity contribution in [3.63, 3.8) is 0 Å². The van der Waals surface area contributed by atoms with Gasteiger partial charge in [0.1, 0.15) is 18.3 Å². The SMILES string of the molecule is COC(=O)CNC(=O)C(Cc1c[nH]c2cccc(OC)c12)NC(=O)C(C)Cc1c[nH]c2ccccc12. The number of nitrogens with one attached hydrogen (secondary N) is 4. The number of H-pyrrole nitrogens is 2. The van der Waals surface area contributed by atoms with Crippen molar-refractivity contribution in [2.24, 2.45) is 5.92 Å². The molecule has 0 saturated heterocycles. The Balaban J connectivity index is 1.53. The first-order chi connectivity index (χ1) is 17.4. The van der Waals surface area contributed by atoms with Crippen LogP contribution in [0.25, 0.3) is 21.8 Å².